The summed E-state index contributed by atoms with van der Waals surface area (Å²) in [6.07, 6.45) is 6.77. The maximum Gasteiger partial charge on any atom is 0.333 e. The van der Waals surface area contributed by atoms with E-state index in [9.17, 15) is 23.9 Å². The van der Waals surface area contributed by atoms with Crippen LogP contribution in [-0.4, -0.2) is 48.8 Å². The molecule has 2 N–H and O–H groups in total. The number of carbonyl (C=O) groups excluding carboxylic acids is 1. The highest BCUT2D eigenvalue weighted by atomic mass is 32.2. The van der Waals surface area contributed by atoms with Crippen molar-refractivity contribution in [3.05, 3.63) is 38.9 Å². The number of nitrogens with one attached hydrogen (secondary N) is 1. The Balaban J connectivity index is 1.41. The molecule has 0 radical (unpaired) electrons. The largest absolute Gasteiger partial charge is 0.392 e. The molecule has 0 aromatic carbocycles. The van der Waals surface area contributed by atoms with Crippen molar-refractivity contribution in [2.45, 2.75) is 82.0 Å². The van der Waals surface area contributed by atoms with Crippen LogP contribution in [0.4, 0.5) is 4.39 Å². The van der Waals surface area contributed by atoms with Crippen molar-refractivity contribution in [1.82, 2.24) is 19.4 Å². The van der Waals surface area contributed by atoms with Gasteiger partial charge in [-0.2, -0.15) is 11.8 Å². The van der Waals surface area contributed by atoms with E-state index in [0.29, 0.717) is 38.5 Å². The van der Waals surface area contributed by atoms with Crippen LogP contribution >= 0.6 is 11.8 Å². The number of aromatic nitrogens is 3. The number of thioether (sulfide) groups is 1. The van der Waals surface area contributed by atoms with E-state index in [0.717, 1.165) is 37.0 Å². The van der Waals surface area contributed by atoms with E-state index in [1.165, 1.54) is 10.6 Å². The molecule has 0 bridgehead atoms. The van der Waals surface area contributed by atoms with E-state index >= 15 is 0 Å². The quantitative estimate of drug-likeness (QED) is 0.682. The predicted octanol–water partition coefficient (Wildman–Crippen LogP) is 2.53. The third-order valence-corrected chi connectivity index (χ3v) is 8.75. The third-order valence-electron chi connectivity index (χ3n) is 7.70. The van der Waals surface area contributed by atoms with Gasteiger partial charge in [0.25, 0.3) is 5.56 Å². The van der Waals surface area contributed by atoms with Crippen LogP contribution in [0.25, 0.3) is 11.0 Å². The number of aliphatic hydroxyl groups excluding tert-OH is 1. The Morgan fingerprint density at radius 1 is 1.03 bits per heavy atom. The van der Waals surface area contributed by atoms with Crippen LogP contribution in [0.1, 0.15) is 69.9 Å². The summed E-state index contributed by atoms with van der Waals surface area (Å²) >= 11 is 1.84. The molecule has 2 aliphatic carbocycles. The number of carbonyl (C=O) groups is 1. The standard InChI is InChI=1S/C24H31FN4O4S/c25-14-12-19-21(26-13-14)28(17-8-10-34-11-9-17)24(33)29(23(19)32)16-6-4-15(5-7-16)27-22(31)18-2-1-3-20(18)30/h12-13,15-18,20,30H,1-11H2,(H,27,31)/t15?,16?,18-,20+/m1/s1. The Kier molecular flexibility index (Phi) is 6.79. The summed E-state index contributed by atoms with van der Waals surface area (Å²) in [6, 6.07) is 0.786. The lowest BCUT2D eigenvalue weighted by Gasteiger charge is -2.32. The molecule has 3 aliphatic rings. The maximum absolute atomic E-state index is 14.0. The van der Waals surface area contributed by atoms with Gasteiger partial charge in [0, 0.05) is 18.1 Å². The second-order valence-corrected chi connectivity index (χ2v) is 11.0. The lowest BCUT2D eigenvalue weighted by molar-refractivity contribution is -0.128. The van der Waals surface area contributed by atoms with Crippen molar-refractivity contribution >= 4 is 28.7 Å². The molecule has 3 heterocycles. The molecule has 1 aliphatic heterocycles. The van der Waals surface area contributed by atoms with Gasteiger partial charge in [0.15, 0.2) is 0 Å². The molecule has 0 spiro atoms. The van der Waals surface area contributed by atoms with Crippen LogP contribution in [0.15, 0.2) is 21.9 Å². The minimum atomic E-state index is -0.596. The van der Waals surface area contributed by atoms with Gasteiger partial charge in [-0.3, -0.25) is 18.7 Å². The first-order chi connectivity index (χ1) is 16.4. The van der Waals surface area contributed by atoms with E-state index in [4.69, 9.17) is 0 Å². The molecular weight excluding hydrogens is 459 g/mol. The van der Waals surface area contributed by atoms with Gasteiger partial charge < -0.3 is 10.4 Å². The SMILES string of the molecule is O=C(NC1CCC(n2c(=O)c3cc(F)cnc3n(C3CCSCC3)c2=O)CC1)[C@@H]1CCC[C@@H]1O. The molecule has 2 aromatic heterocycles. The average Bonchev–Trinajstić information content (AvgIpc) is 3.27. The fourth-order valence-corrected chi connectivity index (χ4v) is 6.91. The molecular formula is C24H31FN4O4S. The number of amides is 1. The number of rotatable bonds is 4. The average molecular weight is 491 g/mol. The van der Waals surface area contributed by atoms with Crippen LogP contribution < -0.4 is 16.6 Å². The van der Waals surface area contributed by atoms with E-state index in [1.54, 1.807) is 4.57 Å². The highest BCUT2D eigenvalue weighted by Crippen LogP contribution is 2.31. The van der Waals surface area contributed by atoms with Crippen molar-refractivity contribution < 1.29 is 14.3 Å². The number of hydrogen-bond donors (Lipinski definition) is 2. The number of fused-ring (bicyclic) bond motifs is 1. The highest BCUT2D eigenvalue weighted by Gasteiger charge is 2.34. The molecule has 5 rings (SSSR count). The van der Waals surface area contributed by atoms with E-state index in [2.05, 4.69) is 10.3 Å². The van der Waals surface area contributed by atoms with Gasteiger partial charge in [-0.05, 0) is 75.4 Å². The molecule has 8 nitrogen and oxygen atoms in total. The molecule has 184 valence electrons. The van der Waals surface area contributed by atoms with Crippen LogP contribution in [0, 0.1) is 11.7 Å². The Hall–Kier alpha value is -2.20. The Bertz CT molecular complexity index is 1180. The Morgan fingerprint density at radius 3 is 2.41 bits per heavy atom. The first-order valence-electron chi connectivity index (χ1n) is 12.3. The lowest BCUT2D eigenvalue weighted by Crippen LogP contribution is -2.47. The normalized spacial score (nSPS) is 28.3. The smallest absolute Gasteiger partial charge is 0.333 e. The number of hydrogen-bond acceptors (Lipinski definition) is 6. The Morgan fingerprint density at radius 2 is 1.74 bits per heavy atom. The maximum atomic E-state index is 14.0. The summed E-state index contributed by atoms with van der Waals surface area (Å²) in [7, 11) is 0. The molecule has 2 saturated carbocycles. The summed E-state index contributed by atoms with van der Waals surface area (Å²) in [4.78, 5) is 43.7. The molecule has 0 unspecified atom stereocenters. The van der Waals surface area contributed by atoms with Crippen LogP contribution in [-0.2, 0) is 4.79 Å². The van der Waals surface area contributed by atoms with Crippen molar-refractivity contribution in [3.8, 4) is 0 Å². The molecule has 2 atom stereocenters. The van der Waals surface area contributed by atoms with Crippen molar-refractivity contribution in [3.63, 3.8) is 0 Å². The zero-order chi connectivity index (χ0) is 23.8. The van der Waals surface area contributed by atoms with Gasteiger partial charge >= 0.3 is 5.69 Å². The van der Waals surface area contributed by atoms with Gasteiger partial charge in [-0.25, -0.2) is 14.2 Å². The molecule has 1 amide bonds. The molecule has 34 heavy (non-hydrogen) atoms. The van der Waals surface area contributed by atoms with Crippen molar-refractivity contribution in [2.75, 3.05) is 11.5 Å². The van der Waals surface area contributed by atoms with E-state index in [1.807, 2.05) is 11.8 Å². The summed E-state index contributed by atoms with van der Waals surface area (Å²) in [6.45, 7) is 0. The first-order valence-corrected chi connectivity index (χ1v) is 13.5. The minimum absolute atomic E-state index is 0.0376. The van der Waals surface area contributed by atoms with Crippen molar-refractivity contribution in [2.24, 2.45) is 5.92 Å². The summed E-state index contributed by atoms with van der Waals surface area (Å²) in [5.41, 5.74) is -0.592. The topological polar surface area (TPSA) is 106 Å². The zero-order valence-electron chi connectivity index (χ0n) is 19.1. The number of halogens is 1. The van der Waals surface area contributed by atoms with Gasteiger partial charge in [-0.15, -0.1) is 0 Å². The fraction of sp³-hybridized carbons (Fsp3) is 0.667. The van der Waals surface area contributed by atoms with Gasteiger partial charge in [0.05, 0.1) is 23.6 Å². The first kappa shape index (κ1) is 23.5. The number of nitrogens with zero attached hydrogens (tertiary/aromatic N) is 3. The van der Waals surface area contributed by atoms with Crippen molar-refractivity contribution in [1.29, 1.82) is 0 Å². The molecule has 10 heteroatoms. The van der Waals surface area contributed by atoms with Gasteiger partial charge in [0.2, 0.25) is 5.91 Å². The lowest BCUT2D eigenvalue weighted by atomic mass is 9.90. The second-order valence-electron chi connectivity index (χ2n) is 9.81. The molecule has 1 saturated heterocycles. The zero-order valence-corrected chi connectivity index (χ0v) is 19.9. The van der Waals surface area contributed by atoms with Crippen LogP contribution in [0.2, 0.25) is 0 Å². The number of pyridine rings is 1. The minimum Gasteiger partial charge on any atom is -0.392 e. The van der Waals surface area contributed by atoms with E-state index in [-0.39, 0.29) is 46.7 Å². The Labute approximate surface area is 200 Å². The van der Waals surface area contributed by atoms with Crippen LogP contribution in [0.5, 0.6) is 0 Å². The fourth-order valence-electron chi connectivity index (χ4n) is 5.83. The predicted molar refractivity (Wildman–Crippen MR) is 129 cm³/mol. The summed E-state index contributed by atoms with van der Waals surface area (Å²) in [5.74, 6) is 0.819. The molecule has 3 fully saturated rings. The summed E-state index contributed by atoms with van der Waals surface area (Å²) in [5, 5.41) is 13.2. The highest BCUT2D eigenvalue weighted by molar-refractivity contribution is 7.99. The van der Waals surface area contributed by atoms with E-state index < -0.39 is 17.5 Å². The van der Waals surface area contributed by atoms with Gasteiger partial charge in [0.1, 0.15) is 11.5 Å². The van der Waals surface area contributed by atoms with Gasteiger partial charge in [-0.1, -0.05) is 0 Å². The molecule has 2 aromatic rings. The van der Waals surface area contributed by atoms with Crippen LogP contribution in [0.3, 0.4) is 0 Å². The monoisotopic (exact) mass is 490 g/mol. The second kappa shape index (κ2) is 9.81. The third kappa shape index (κ3) is 4.42. The summed E-state index contributed by atoms with van der Waals surface area (Å²) < 4.78 is 17.0. The number of aliphatic hydroxyl groups is 1.